The summed E-state index contributed by atoms with van der Waals surface area (Å²) in [7, 11) is 0. The molecular weight excluding hydrogens is 466 g/mol. The molecule has 180 valence electrons. The summed E-state index contributed by atoms with van der Waals surface area (Å²) in [5, 5.41) is 4.15. The lowest BCUT2D eigenvalue weighted by atomic mass is 10.2. The molecule has 3 heterocycles. The largest absolute Gasteiger partial charge is 0.369 e. The summed E-state index contributed by atoms with van der Waals surface area (Å²) >= 11 is 2.79. The standard InChI is InChI=1S/C25H31N5O2S2/c1-5-11-30-24(32)22-17(3)18(4)34-23(22)27-25(30)33-16-21(31)26-19-7-9-20(10-8-19)29-14-12-28(6-2)13-15-29/h5,7-10H,1,6,11-16H2,2-4H3,(H,26,31). The molecule has 1 N–H and O–H groups in total. The Morgan fingerprint density at radius 2 is 1.91 bits per heavy atom. The van der Waals surface area contributed by atoms with Crippen molar-refractivity contribution in [3.05, 3.63) is 57.7 Å². The van der Waals surface area contributed by atoms with Crippen LogP contribution < -0.4 is 15.8 Å². The van der Waals surface area contributed by atoms with E-state index in [1.165, 1.54) is 28.8 Å². The molecule has 9 heteroatoms. The van der Waals surface area contributed by atoms with E-state index < -0.39 is 0 Å². The van der Waals surface area contributed by atoms with E-state index in [2.05, 4.69) is 40.8 Å². The number of aromatic nitrogens is 2. The first kappa shape index (κ1) is 24.5. The quantitative estimate of drug-likeness (QED) is 0.287. The molecule has 1 aliphatic rings. The molecule has 3 aromatic rings. The number of amides is 1. The highest BCUT2D eigenvalue weighted by Gasteiger charge is 2.18. The highest BCUT2D eigenvalue weighted by atomic mass is 32.2. The first-order valence-corrected chi connectivity index (χ1v) is 13.3. The predicted octanol–water partition coefficient (Wildman–Crippen LogP) is 4.13. The first-order chi connectivity index (χ1) is 16.4. The van der Waals surface area contributed by atoms with E-state index in [-0.39, 0.29) is 17.2 Å². The number of nitrogens with zero attached hydrogens (tertiary/aromatic N) is 4. The van der Waals surface area contributed by atoms with E-state index in [1.54, 1.807) is 10.6 Å². The van der Waals surface area contributed by atoms with Crippen LogP contribution in [0.3, 0.4) is 0 Å². The third-order valence-corrected chi connectivity index (χ3v) is 8.31. The number of hydrogen-bond acceptors (Lipinski definition) is 7. The molecule has 0 bridgehead atoms. The Balaban J connectivity index is 1.41. The number of piperazine rings is 1. The molecule has 0 aliphatic carbocycles. The van der Waals surface area contributed by atoms with Gasteiger partial charge in [0, 0.05) is 49.0 Å². The summed E-state index contributed by atoms with van der Waals surface area (Å²) < 4.78 is 1.60. The van der Waals surface area contributed by atoms with Gasteiger partial charge in [0.15, 0.2) is 5.16 Å². The molecule has 1 amide bonds. The van der Waals surface area contributed by atoms with Crippen molar-refractivity contribution in [2.75, 3.05) is 48.7 Å². The van der Waals surface area contributed by atoms with Gasteiger partial charge >= 0.3 is 0 Å². The zero-order valence-corrected chi connectivity index (χ0v) is 21.6. The number of benzene rings is 1. The predicted molar refractivity (Wildman–Crippen MR) is 144 cm³/mol. The van der Waals surface area contributed by atoms with Crippen LogP contribution in [-0.4, -0.2) is 58.8 Å². The number of carbonyl (C=O) groups is 1. The Kier molecular flexibility index (Phi) is 7.75. The van der Waals surface area contributed by atoms with E-state index in [9.17, 15) is 9.59 Å². The second-order valence-electron chi connectivity index (χ2n) is 8.37. The number of hydrogen-bond donors (Lipinski definition) is 1. The summed E-state index contributed by atoms with van der Waals surface area (Å²) in [6.45, 7) is 15.5. The average molecular weight is 498 g/mol. The first-order valence-electron chi connectivity index (χ1n) is 11.5. The maximum absolute atomic E-state index is 13.1. The topological polar surface area (TPSA) is 70.5 Å². The molecule has 34 heavy (non-hydrogen) atoms. The zero-order valence-electron chi connectivity index (χ0n) is 20.0. The monoisotopic (exact) mass is 497 g/mol. The van der Waals surface area contributed by atoms with Gasteiger partial charge in [-0.2, -0.15) is 0 Å². The normalized spacial score (nSPS) is 14.5. The van der Waals surface area contributed by atoms with Crippen LogP contribution in [0.4, 0.5) is 11.4 Å². The average Bonchev–Trinajstić information content (AvgIpc) is 3.13. The number of aryl methyl sites for hydroxylation is 2. The van der Waals surface area contributed by atoms with Crippen molar-refractivity contribution in [3.8, 4) is 0 Å². The number of likely N-dealkylation sites (N-methyl/N-ethyl adjacent to an activating group) is 1. The second-order valence-corrected chi connectivity index (χ2v) is 10.5. The lowest BCUT2D eigenvalue weighted by molar-refractivity contribution is -0.113. The van der Waals surface area contributed by atoms with Gasteiger partial charge in [-0.3, -0.25) is 14.2 Å². The summed E-state index contributed by atoms with van der Waals surface area (Å²) in [5.41, 5.74) is 2.83. The number of rotatable bonds is 8. The van der Waals surface area contributed by atoms with Crippen molar-refractivity contribution in [2.24, 2.45) is 0 Å². The van der Waals surface area contributed by atoms with E-state index in [0.717, 1.165) is 53.7 Å². The smallest absolute Gasteiger partial charge is 0.263 e. The van der Waals surface area contributed by atoms with E-state index in [4.69, 9.17) is 4.98 Å². The van der Waals surface area contributed by atoms with Gasteiger partial charge in [0.1, 0.15) is 4.83 Å². The molecule has 0 radical (unpaired) electrons. The fourth-order valence-corrected chi connectivity index (χ4v) is 5.99. The van der Waals surface area contributed by atoms with Gasteiger partial charge in [0.2, 0.25) is 5.91 Å². The van der Waals surface area contributed by atoms with Gasteiger partial charge in [-0.1, -0.05) is 24.8 Å². The highest BCUT2D eigenvalue weighted by Crippen LogP contribution is 2.28. The number of anilines is 2. The summed E-state index contributed by atoms with van der Waals surface area (Å²) in [5.74, 6) is 0.0337. The second kappa shape index (κ2) is 10.8. The third kappa shape index (κ3) is 5.21. The van der Waals surface area contributed by atoms with Crippen LogP contribution in [0.15, 0.2) is 46.9 Å². The molecule has 0 unspecified atom stereocenters. The molecule has 1 saturated heterocycles. The maximum atomic E-state index is 13.1. The zero-order chi connectivity index (χ0) is 24.2. The molecule has 1 aromatic carbocycles. The Bertz CT molecular complexity index is 1240. The summed E-state index contributed by atoms with van der Waals surface area (Å²) in [6, 6.07) is 8.00. The van der Waals surface area contributed by atoms with Gasteiger partial charge in [0.05, 0.1) is 11.1 Å². The molecule has 0 spiro atoms. The summed E-state index contributed by atoms with van der Waals surface area (Å²) in [4.78, 5) is 37.0. The van der Waals surface area contributed by atoms with Crippen LogP contribution in [0, 0.1) is 13.8 Å². The Morgan fingerprint density at radius 1 is 1.21 bits per heavy atom. The SMILES string of the molecule is C=CCn1c(SCC(=O)Nc2ccc(N3CCN(CC)CC3)cc2)nc2sc(C)c(C)c2c1=O. The highest BCUT2D eigenvalue weighted by molar-refractivity contribution is 7.99. The Labute approximate surface area is 208 Å². The molecule has 0 saturated carbocycles. The fourth-order valence-electron chi connectivity index (χ4n) is 4.11. The van der Waals surface area contributed by atoms with Crippen molar-refractivity contribution >= 4 is 50.6 Å². The van der Waals surface area contributed by atoms with Crippen molar-refractivity contribution in [2.45, 2.75) is 32.5 Å². The molecule has 1 aliphatic heterocycles. The van der Waals surface area contributed by atoms with Crippen molar-refractivity contribution in [3.63, 3.8) is 0 Å². The molecule has 0 atom stereocenters. The van der Waals surface area contributed by atoms with Crippen LogP contribution in [0.2, 0.25) is 0 Å². The van der Waals surface area contributed by atoms with Crippen LogP contribution in [0.1, 0.15) is 17.4 Å². The van der Waals surface area contributed by atoms with Gasteiger partial charge in [0.25, 0.3) is 5.56 Å². The van der Waals surface area contributed by atoms with Crippen LogP contribution in [-0.2, 0) is 11.3 Å². The molecule has 4 rings (SSSR count). The number of thioether (sulfide) groups is 1. The molecular formula is C25H31N5O2S2. The number of fused-ring (bicyclic) bond motifs is 1. The molecule has 7 nitrogen and oxygen atoms in total. The number of carbonyl (C=O) groups excluding carboxylic acids is 1. The van der Waals surface area contributed by atoms with Gasteiger partial charge in [-0.25, -0.2) is 4.98 Å². The van der Waals surface area contributed by atoms with Crippen LogP contribution >= 0.6 is 23.1 Å². The molecule has 1 fully saturated rings. The van der Waals surface area contributed by atoms with Crippen molar-refractivity contribution in [1.82, 2.24) is 14.5 Å². The van der Waals surface area contributed by atoms with Gasteiger partial charge in [-0.15, -0.1) is 17.9 Å². The number of allylic oxidation sites excluding steroid dienone is 1. The Hall–Kier alpha value is -2.62. The van der Waals surface area contributed by atoms with E-state index in [0.29, 0.717) is 17.1 Å². The number of thiophene rings is 1. The number of nitrogens with one attached hydrogen (secondary N) is 1. The Morgan fingerprint density at radius 3 is 2.56 bits per heavy atom. The lowest BCUT2D eigenvalue weighted by Crippen LogP contribution is -2.46. The van der Waals surface area contributed by atoms with Crippen LogP contribution in [0.5, 0.6) is 0 Å². The van der Waals surface area contributed by atoms with Gasteiger partial charge in [-0.05, 0) is 50.2 Å². The van der Waals surface area contributed by atoms with Crippen molar-refractivity contribution in [1.29, 1.82) is 0 Å². The minimum absolute atomic E-state index is 0.0787. The minimum Gasteiger partial charge on any atom is -0.369 e. The van der Waals surface area contributed by atoms with Crippen molar-refractivity contribution < 1.29 is 4.79 Å². The minimum atomic E-state index is -0.132. The third-order valence-electron chi connectivity index (χ3n) is 6.23. The van der Waals surface area contributed by atoms with Crippen LogP contribution in [0.25, 0.3) is 10.2 Å². The van der Waals surface area contributed by atoms with E-state index >= 15 is 0 Å². The van der Waals surface area contributed by atoms with Gasteiger partial charge < -0.3 is 15.1 Å². The van der Waals surface area contributed by atoms with E-state index in [1.807, 2.05) is 26.0 Å². The maximum Gasteiger partial charge on any atom is 0.263 e. The summed E-state index contributed by atoms with van der Waals surface area (Å²) in [6.07, 6.45) is 1.68. The lowest BCUT2D eigenvalue weighted by Gasteiger charge is -2.35. The fraction of sp³-hybridized carbons (Fsp3) is 0.400. The molecule has 2 aromatic heterocycles.